The van der Waals surface area contributed by atoms with E-state index in [1.54, 1.807) is 43.0 Å². The third-order valence-corrected chi connectivity index (χ3v) is 5.58. The Labute approximate surface area is 164 Å². The molecule has 0 radical (unpaired) electrons. The molecule has 148 valence electrons. The van der Waals surface area contributed by atoms with Gasteiger partial charge in [-0.15, -0.1) is 0 Å². The Morgan fingerprint density at radius 3 is 2.32 bits per heavy atom. The molecule has 1 aliphatic heterocycles. The van der Waals surface area contributed by atoms with Gasteiger partial charge in [0, 0.05) is 6.54 Å². The van der Waals surface area contributed by atoms with Crippen LogP contribution in [0.3, 0.4) is 0 Å². The van der Waals surface area contributed by atoms with Crippen LogP contribution in [0.25, 0.3) is 0 Å². The number of phosphoric ester groups is 1. The van der Waals surface area contributed by atoms with Crippen LogP contribution >= 0.6 is 7.82 Å². The van der Waals surface area contributed by atoms with Gasteiger partial charge in [0.1, 0.15) is 0 Å². The monoisotopic (exact) mass is 402 g/mol. The molecule has 2 aromatic carbocycles. The fourth-order valence-electron chi connectivity index (χ4n) is 2.84. The average molecular weight is 402 g/mol. The molecule has 8 heteroatoms. The fourth-order valence-corrected chi connectivity index (χ4v) is 4.01. The lowest BCUT2D eigenvalue weighted by Gasteiger charge is -2.23. The Balaban J connectivity index is 1.94. The zero-order valence-electron chi connectivity index (χ0n) is 15.9. The lowest BCUT2D eigenvalue weighted by Crippen LogP contribution is -2.34. The van der Waals surface area contributed by atoms with Crippen molar-refractivity contribution in [2.24, 2.45) is 4.99 Å². The first-order chi connectivity index (χ1) is 13.5. The number of amides is 1. The summed E-state index contributed by atoms with van der Waals surface area (Å²) in [5.74, 6) is -0.0658. The van der Waals surface area contributed by atoms with Crippen molar-refractivity contribution in [3.8, 4) is 0 Å². The standard InChI is InChI=1S/C20H23N2O5P/c1-3-25-28(24,26-4-2)27-19-15-22(14-16-10-6-5-7-11-16)20(23)17-12-8-9-13-18(17)21-19/h5-13H,3-4,14-15H2,1-2H3. The van der Waals surface area contributed by atoms with E-state index in [1.165, 1.54) is 0 Å². The van der Waals surface area contributed by atoms with E-state index in [-0.39, 0.29) is 31.6 Å². The molecule has 0 bridgehead atoms. The molecule has 1 aliphatic rings. The maximum Gasteiger partial charge on any atom is 0.531 e. The van der Waals surface area contributed by atoms with Crippen molar-refractivity contribution in [2.45, 2.75) is 20.4 Å². The number of nitrogens with zero attached hydrogens (tertiary/aromatic N) is 2. The zero-order chi connectivity index (χ0) is 20.0. The van der Waals surface area contributed by atoms with Crippen LogP contribution in [-0.2, 0) is 24.7 Å². The van der Waals surface area contributed by atoms with Crippen molar-refractivity contribution in [3.63, 3.8) is 0 Å². The molecule has 0 aromatic heterocycles. The Morgan fingerprint density at radius 1 is 1.00 bits per heavy atom. The highest BCUT2D eigenvalue weighted by molar-refractivity contribution is 7.49. The number of hydrogen-bond donors (Lipinski definition) is 0. The van der Waals surface area contributed by atoms with Gasteiger partial charge in [-0.3, -0.25) is 13.8 Å². The summed E-state index contributed by atoms with van der Waals surface area (Å²) in [4.78, 5) is 19.1. The Hall–Kier alpha value is -2.47. The van der Waals surface area contributed by atoms with Crippen LogP contribution in [0.5, 0.6) is 0 Å². The molecule has 0 atom stereocenters. The molecule has 0 saturated carbocycles. The fraction of sp³-hybridized carbons (Fsp3) is 0.300. The van der Waals surface area contributed by atoms with Gasteiger partial charge >= 0.3 is 7.82 Å². The van der Waals surface area contributed by atoms with Gasteiger partial charge in [-0.2, -0.15) is 0 Å². The van der Waals surface area contributed by atoms with E-state index >= 15 is 0 Å². The topological polar surface area (TPSA) is 77.4 Å². The predicted molar refractivity (Wildman–Crippen MR) is 107 cm³/mol. The van der Waals surface area contributed by atoms with Crippen LogP contribution in [0.4, 0.5) is 5.69 Å². The molecule has 0 spiro atoms. The SMILES string of the molecule is CCOP(=O)(OCC)OC1=Nc2ccccc2C(=O)N(Cc2ccccc2)C1. The number of aliphatic imine (C=N–C) groups is 1. The third-order valence-electron chi connectivity index (χ3n) is 4.00. The summed E-state index contributed by atoms with van der Waals surface area (Å²) >= 11 is 0. The minimum Gasteiger partial charge on any atom is -0.388 e. The van der Waals surface area contributed by atoms with E-state index in [2.05, 4.69) is 4.99 Å². The number of hydrogen-bond acceptors (Lipinski definition) is 6. The van der Waals surface area contributed by atoms with Crippen LogP contribution < -0.4 is 0 Å². The minimum atomic E-state index is -3.82. The highest BCUT2D eigenvalue weighted by atomic mass is 31.2. The van der Waals surface area contributed by atoms with Gasteiger partial charge in [0.15, 0.2) is 0 Å². The minimum absolute atomic E-state index is 0.0482. The molecule has 0 N–H and O–H groups in total. The van der Waals surface area contributed by atoms with Crippen LogP contribution in [-0.4, -0.2) is 36.5 Å². The summed E-state index contributed by atoms with van der Waals surface area (Å²) in [6.07, 6.45) is 0. The predicted octanol–water partition coefficient (Wildman–Crippen LogP) is 4.57. The molecule has 0 unspecified atom stereocenters. The van der Waals surface area contributed by atoms with E-state index in [9.17, 15) is 9.36 Å². The van der Waals surface area contributed by atoms with Crippen molar-refractivity contribution in [1.82, 2.24) is 4.90 Å². The molecule has 0 fully saturated rings. The number of carbonyl (C=O) groups excluding carboxylic acids is 1. The molecule has 1 heterocycles. The van der Waals surface area contributed by atoms with Crippen LogP contribution in [0.1, 0.15) is 29.8 Å². The first-order valence-corrected chi connectivity index (χ1v) is 10.6. The van der Waals surface area contributed by atoms with E-state index < -0.39 is 7.82 Å². The normalized spacial score (nSPS) is 14.3. The van der Waals surface area contributed by atoms with Gasteiger partial charge in [-0.25, -0.2) is 9.56 Å². The van der Waals surface area contributed by atoms with E-state index in [0.717, 1.165) is 5.56 Å². The average Bonchev–Trinajstić information content (AvgIpc) is 2.80. The number of benzene rings is 2. The second-order valence-corrected chi connectivity index (χ2v) is 7.64. The molecular formula is C20H23N2O5P. The Kier molecular flexibility index (Phi) is 6.62. The number of rotatable bonds is 7. The van der Waals surface area contributed by atoms with Crippen LogP contribution in [0.15, 0.2) is 59.6 Å². The Morgan fingerprint density at radius 2 is 1.64 bits per heavy atom. The van der Waals surface area contributed by atoms with E-state index in [0.29, 0.717) is 17.8 Å². The van der Waals surface area contributed by atoms with Gasteiger partial charge in [0.25, 0.3) is 5.91 Å². The molecule has 0 saturated heterocycles. The maximum absolute atomic E-state index is 13.1. The summed E-state index contributed by atoms with van der Waals surface area (Å²) in [5.41, 5.74) is 1.88. The highest BCUT2D eigenvalue weighted by Gasteiger charge is 2.32. The number of phosphoric acid groups is 1. The van der Waals surface area contributed by atoms with Crippen molar-refractivity contribution in [3.05, 3.63) is 65.7 Å². The molecule has 0 aliphatic carbocycles. The third kappa shape index (κ3) is 4.87. The molecule has 1 amide bonds. The molecule has 28 heavy (non-hydrogen) atoms. The van der Waals surface area contributed by atoms with Crippen LogP contribution in [0, 0.1) is 0 Å². The maximum atomic E-state index is 13.1. The number of carbonyl (C=O) groups is 1. The highest BCUT2D eigenvalue weighted by Crippen LogP contribution is 2.50. The summed E-state index contributed by atoms with van der Waals surface area (Å²) < 4.78 is 28.8. The largest absolute Gasteiger partial charge is 0.531 e. The summed E-state index contributed by atoms with van der Waals surface area (Å²) in [7, 11) is -3.82. The lowest BCUT2D eigenvalue weighted by molar-refractivity contribution is 0.0762. The van der Waals surface area contributed by atoms with Crippen molar-refractivity contribution >= 4 is 25.3 Å². The second kappa shape index (κ2) is 9.15. The lowest BCUT2D eigenvalue weighted by atomic mass is 10.1. The van der Waals surface area contributed by atoms with Crippen molar-refractivity contribution in [2.75, 3.05) is 19.8 Å². The van der Waals surface area contributed by atoms with Gasteiger partial charge in [0.2, 0.25) is 5.90 Å². The molecular weight excluding hydrogens is 379 g/mol. The number of fused-ring (bicyclic) bond motifs is 1. The molecule has 3 rings (SSSR count). The van der Waals surface area contributed by atoms with E-state index in [1.807, 2.05) is 30.3 Å². The van der Waals surface area contributed by atoms with Crippen molar-refractivity contribution < 1.29 is 22.9 Å². The molecule has 7 nitrogen and oxygen atoms in total. The quantitative estimate of drug-likeness (QED) is 0.634. The van der Waals surface area contributed by atoms with Gasteiger partial charge < -0.3 is 9.42 Å². The number of para-hydroxylation sites is 1. The van der Waals surface area contributed by atoms with Crippen molar-refractivity contribution in [1.29, 1.82) is 0 Å². The summed E-state index contributed by atoms with van der Waals surface area (Å²) in [5, 5.41) is 0. The van der Waals surface area contributed by atoms with Gasteiger partial charge in [0.05, 0.1) is 31.0 Å². The Bertz CT molecular complexity index is 890. The zero-order valence-corrected chi connectivity index (χ0v) is 16.8. The second-order valence-electron chi connectivity index (χ2n) is 6.04. The van der Waals surface area contributed by atoms with Gasteiger partial charge in [-0.05, 0) is 31.5 Å². The smallest absolute Gasteiger partial charge is 0.388 e. The van der Waals surface area contributed by atoms with Crippen LogP contribution in [0.2, 0.25) is 0 Å². The summed E-state index contributed by atoms with van der Waals surface area (Å²) in [6.45, 7) is 4.13. The van der Waals surface area contributed by atoms with Gasteiger partial charge in [-0.1, -0.05) is 42.5 Å². The first kappa shape index (κ1) is 20.3. The molecule has 2 aromatic rings. The first-order valence-electron chi connectivity index (χ1n) is 9.13. The van der Waals surface area contributed by atoms with E-state index in [4.69, 9.17) is 13.6 Å². The summed E-state index contributed by atoms with van der Waals surface area (Å²) in [6, 6.07) is 16.6.